The van der Waals surface area contributed by atoms with E-state index >= 15 is 0 Å². The van der Waals surface area contributed by atoms with Crippen molar-refractivity contribution >= 4 is 5.91 Å². The monoisotopic (exact) mass is 394 g/mol. The number of benzene rings is 2. The lowest BCUT2D eigenvalue weighted by atomic mass is 10.1. The minimum Gasteiger partial charge on any atom is -0.490 e. The maximum Gasteiger partial charge on any atom is 0.255 e. The molecule has 2 aromatic rings. The molecule has 2 heterocycles. The maximum atomic E-state index is 12.9. The van der Waals surface area contributed by atoms with Gasteiger partial charge in [-0.1, -0.05) is 36.4 Å². The van der Waals surface area contributed by atoms with Gasteiger partial charge in [0.25, 0.3) is 5.91 Å². The molecule has 0 saturated carbocycles. The zero-order valence-corrected chi connectivity index (χ0v) is 16.9. The van der Waals surface area contributed by atoms with E-state index in [9.17, 15) is 4.79 Å². The quantitative estimate of drug-likeness (QED) is 0.741. The molecule has 0 aliphatic carbocycles. The van der Waals surface area contributed by atoms with E-state index in [-0.39, 0.29) is 12.0 Å². The van der Waals surface area contributed by atoms with Gasteiger partial charge in [-0.3, -0.25) is 9.69 Å². The third kappa shape index (κ3) is 5.37. The van der Waals surface area contributed by atoms with Gasteiger partial charge in [-0.05, 0) is 62.0 Å². The molecule has 0 unspecified atom stereocenters. The molecule has 5 nitrogen and oxygen atoms in total. The highest BCUT2D eigenvalue weighted by atomic mass is 16.5. The van der Waals surface area contributed by atoms with E-state index in [0.717, 1.165) is 39.1 Å². The molecule has 1 N–H and O–H groups in total. The van der Waals surface area contributed by atoms with Crippen molar-refractivity contribution < 1.29 is 14.3 Å². The van der Waals surface area contributed by atoms with Crippen molar-refractivity contribution in [2.24, 2.45) is 0 Å². The van der Waals surface area contributed by atoms with Crippen LogP contribution in [0.4, 0.5) is 0 Å². The predicted molar refractivity (Wildman–Crippen MR) is 113 cm³/mol. The number of likely N-dealkylation sites (tertiary alicyclic amines) is 1. The molecule has 0 aromatic heterocycles. The summed E-state index contributed by atoms with van der Waals surface area (Å²) in [5, 5.41) is 3.08. The van der Waals surface area contributed by atoms with Gasteiger partial charge in [0.05, 0.1) is 11.7 Å². The third-order valence-corrected chi connectivity index (χ3v) is 5.73. The first-order valence-corrected chi connectivity index (χ1v) is 10.7. The van der Waals surface area contributed by atoms with Crippen LogP contribution in [0.5, 0.6) is 5.75 Å². The van der Waals surface area contributed by atoms with E-state index in [1.165, 1.54) is 24.0 Å². The van der Waals surface area contributed by atoms with E-state index in [0.29, 0.717) is 24.5 Å². The summed E-state index contributed by atoms with van der Waals surface area (Å²) in [5.74, 6) is 0.509. The Labute approximate surface area is 173 Å². The standard InChI is InChI=1S/C24H30N2O3/c27-24(22-11-3-4-12-23(22)29-18-21-10-7-15-28-21)25-16-19-8-1-2-9-20(19)17-26-13-5-6-14-26/h1-4,8-9,11-12,21H,5-7,10,13-18H2,(H,25,27)/t21-/m1/s1. The molecule has 5 heteroatoms. The van der Waals surface area contributed by atoms with Crippen LogP contribution in [0.1, 0.15) is 47.2 Å². The zero-order valence-electron chi connectivity index (χ0n) is 16.9. The van der Waals surface area contributed by atoms with Crippen LogP contribution in [-0.2, 0) is 17.8 Å². The first-order chi connectivity index (χ1) is 14.3. The number of nitrogens with zero attached hydrogens (tertiary/aromatic N) is 1. The number of carbonyl (C=O) groups is 1. The molecular weight excluding hydrogens is 364 g/mol. The van der Waals surface area contributed by atoms with E-state index in [4.69, 9.17) is 9.47 Å². The molecule has 4 rings (SSSR count). The van der Waals surface area contributed by atoms with Crippen molar-refractivity contribution in [3.8, 4) is 5.75 Å². The number of amides is 1. The Kier molecular flexibility index (Phi) is 6.80. The van der Waals surface area contributed by atoms with Gasteiger partial charge in [0.15, 0.2) is 0 Å². The second kappa shape index (κ2) is 9.90. The van der Waals surface area contributed by atoms with E-state index in [1.54, 1.807) is 0 Å². The van der Waals surface area contributed by atoms with E-state index in [2.05, 4.69) is 28.4 Å². The molecule has 29 heavy (non-hydrogen) atoms. The fraction of sp³-hybridized carbons (Fsp3) is 0.458. The summed E-state index contributed by atoms with van der Waals surface area (Å²) in [6, 6.07) is 15.8. The van der Waals surface area contributed by atoms with Crippen molar-refractivity contribution in [2.45, 2.75) is 44.9 Å². The minimum atomic E-state index is -0.107. The SMILES string of the molecule is O=C(NCc1ccccc1CN1CCCC1)c1ccccc1OC[C@H]1CCCO1. The third-order valence-electron chi connectivity index (χ3n) is 5.73. The molecule has 2 saturated heterocycles. The number of rotatable bonds is 8. The molecule has 0 bridgehead atoms. The van der Waals surface area contributed by atoms with E-state index in [1.807, 2.05) is 30.3 Å². The lowest BCUT2D eigenvalue weighted by molar-refractivity contribution is 0.0670. The van der Waals surface area contributed by atoms with Crippen LogP contribution in [0, 0.1) is 0 Å². The molecule has 2 fully saturated rings. The van der Waals surface area contributed by atoms with Crippen LogP contribution in [0.2, 0.25) is 0 Å². The molecule has 154 valence electrons. The molecule has 2 aliphatic rings. The largest absolute Gasteiger partial charge is 0.490 e. The lowest BCUT2D eigenvalue weighted by Gasteiger charge is -2.18. The number of hydrogen-bond acceptors (Lipinski definition) is 4. The number of hydrogen-bond donors (Lipinski definition) is 1. The van der Waals surface area contributed by atoms with Gasteiger partial charge in [0, 0.05) is 19.7 Å². The summed E-state index contributed by atoms with van der Waals surface area (Å²) in [6.07, 6.45) is 4.78. The van der Waals surface area contributed by atoms with Gasteiger partial charge < -0.3 is 14.8 Å². The van der Waals surface area contributed by atoms with Crippen LogP contribution in [0.15, 0.2) is 48.5 Å². The maximum absolute atomic E-state index is 12.9. The molecule has 2 aliphatic heterocycles. The first-order valence-electron chi connectivity index (χ1n) is 10.7. The van der Waals surface area contributed by atoms with Crippen LogP contribution >= 0.6 is 0 Å². The number of carbonyl (C=O) groups excluding carboxylic acids is 1. The summed E-state index contributed by atoms with van der Waals surface area (Å²) in [4.78, 5) is 15.3. The Morgan fingerprint density at radius 1 is 1.03 bits per heavy atom. The summed E-state index contributed by atoms with van der Waals surface area (Å²) in [6.45, 7) is 5.08. The Balaban J connectivity index is 1.37. The lowest BCUT2D eigenvalue weighted by Crippen LogP contribution is -2.26. The molecule has 1 atom stereocenters. The van der Waals surface area contributed by atoms with Gasteiger partial charge in [0.1, 0.15) is 12.4 Å². The van der Waals surface area contributed by atoms with Crippen molar-refractivity contribution in [2.75, 3.05) is 26.3 Å². The molecule has 2 aromatic carbocycles. The average Bonchev–Trinajstić information content (AvgIpc) is 3.46. The highest BCUT2D eigenvalue weighted by Gasteiger charge is 2.19. The second-order valence-electron chi connectivity index (χ2n) is 7.88. The normalized spacial score (nSPS) is 19.4. The Morgan fingerprint density at radius 3 is 2.59 bits per heavy atom. The Bertz CT molecular complexity index is 811. The summed E-state index contributed by atoms with van der Waals surface area (Å²) in [7, 11) is 0. The smallest absolute Gasteiger partial charge is 0.255 e. The van der Waals surface area contributed by atoms with Crippen LogP contribution < -0.4 is 10.1 Å². The van der Waals surface area contributed by atoms with Gasteiger partial charge in [0.2, 0.25) is 0 Å². The highest BCUT2D eigenvalue weighted by molar-refractivity contribution is 5.96. The topological polar surface area (TPSA) is 50.8 Å². The van der Waals surface area contributed by atoms with E-state index < -0.39 is 0 Å². The zero-order chi connectivity index (χ0) is 19.9. The van der Waals surface area contributed by atoms with Crippen molar-refractivity contribution in [1.29, 1.82) is 0 Å². The fourth-order valence-corrected chi connectivity index (χ4v) is 4.08. The van der Waals surface area contributed by atoms with Crippen LogP contribution in [-0.4, -0.2) is 43.2 Å². The molecular formula is C24H30N2O3. The molecule has 0 radical (unpaired) electrons. The van der Waals surface area contributed by atoms with Crippen LogP contribution in [0.3, 0.4) is 0 Å². The average molecular weight is 395 g/mol. The predicted octanol–water partition coefficient (Wildman–Crippen LogP) is 3.77. The summed E-state index contributed by atoms with van der Waals surface area (Å²) in [5.41, 5.74) is 3.03. The van der Waals surface area contributed by atoms with Crippen molar-refractivity contribution in [3.63, 3.8) is 0 Å². The van der Waals surface area contributed by atoms with Crippen LogP contribution in [0.25, 0.3) is 0 Å². The fourth-order valence-electron chi connectivity index (χ4n) is 4.08. The Morgan fingerprint density at radius 2 is 1.79 bits per heavy atom. The van der Waals surface area contributed by atoms with Crippen molar-refractivity contribution in [3.05, 3.63) is 65.2 Å². The number of ether oxygens (including phenoxy) is 2. The summed E-state index contributed by atoms with van der Waals surface area (Å²) >= 11 is 0. The second-order valence-corrected chi connectivity index (χ2v) is 7.88. The first kappa shape index (κ1) is 19.9. The molecule has 1 amide bonds. The van der Waals surface area contributed by atoms with Gasteiger partial charge in [-0.15, -0.1) is 0 Å². The van der Waals surface area contributed by atoms with Gasteiger partial charge in [-0.25, -0.2) is 0 Å². The Hall–Kier alpha value is -2.37. The highest BCUT2D eigenvalue weighted by Crippen LogP contribution is 2.21. The number of nitrogens with one attached hydrogen (secondary N) is 1. The van der Waals surface area contributed by atoms with Gasteiger partial charge in [-0.2, -0.15) is 0 Å². The molecule has 0 spiro atoms. The minimum absolute atomic E-state index is 0.107. The van der Waals surface area contributed by atoms with Crippen molar-refractivity contribution in [1.82, 2.24) is 10.2 Å². The number of para-hydroxylation sites is 1. The van der Waals surface area contributed by atoms with Gasteiger partial charge >= 0.3 is 0 Å². The summed E-state index contributed by atoms with van der Waals surface area (Å²) < 4.78 is 11.5.